The van der Waals surface area contributed by atoms with Gasteiger partial charge in [-0.3, -0.25) is 15.8 Å². The first-order chi connectivity index (χ1) is 9.79. The number of nitrogens with one attached hydrogen (secondary N) is 2. The maximum absolute atomic E-state index is 5.66. The molecule has 1 aliphatic carbocycles. The Morgan fingerprint density at radius 1 is 1.40 bits per heavy atom. The van der Waals surface area contributed by atoms with Crippen LogP contribution in [-0.4, -0.2) is 35.7 Å². The molecular formula is C13H17N7. The standard InChI is InChI=1S/C13H17N7/c1-19-7-11(15-14)20-13-10(19)6-8-4-2-3-5-9(8)12(13)16-17-18-20/h2-5,10-11,15H,6-7,14H2,1H3,(H,16,18). The Balaban J connectivity index is 1.91. The van der Waals surface area contributed by atoms with Gasteiger partial charge in [0, 0.05) is 12.1 Å². The number of rotatable bonds is 1. The lowest BCUT2D eigenvalue weighted by Crippen LogP contribution is -2.66. The number of piperazine rings is 1. The fourth-order valence-electron chi connectivity index (χ4n) is 3.30. The minimum Gasteiger partial charge on any atom is -0.294 e. The number of fused-ring (bicyclic) bond motifs is 2. The molecule has 2 atom stereocenters. The van der Waals surface area contributed by atoms with Crippen LogP contribution in [0.4, 0.5) is 0 Å². The zero-order chi connectivity index (χ0) is 13.7. The molecule has 3 aliphatic rings. The summed E-state index contributed by atoms with van der Waals surface area (Å²) < 4.78 is 0. The number of benzene rings is 1. The van der Waals surface area contributed by atoms with Gasteiger partial charge >= 0.3 is 0 Å². The smallest absolute Gasteiger partial charge is 0.126 e. The van der Waals surface area contributed by atoms with Crippen LogP contribution in [-0.2, 0) is 6.42 Å². The number of hydrazine groups is 2. The summed E-state index contributed by atoms with van der Waals surface area (Å²) in [6, 6.07) is 8.70. The highest BCUT2D eigenvalue weighted by Crippen LogP contribution is 2.39. The van der Waals surface area contributed by atoms with Crippen molar-refractivity contribution in [2.45, 2.75) is 18.6 Å². The van der Waals surface area contributed by atoms with E-state index in [1.165, 1.54) is 11.1 Å². The SMILES string of the molecule is CN1CC(NN)N2NN=NC3=C2C1Cc1ccccc13. The number of nitrogens with two attached hydrogens (primary N) is 1. The average Bonchev–Trinajstić information content (AvgIpc) is 2.50. The molecule has 0 bridgehead atoms. The van der Waals surface area contributed by atoms with Crippen LogP contribution in [0.2, 0.25) is 0 Å². The van der Waals surface area contributed by atoms with Crippen LogP contribution in [0.3, 0.4) is 0 Å². The predicted molar refractivity (Wildman–Crippen MR) is 74.4 cm³/mol. The van der Waals surface area contributed by atoms with E-state index in [0.29, 0.717) is 6.04 Å². The number of nitrogens with zero attached hydrogens (tertiary/aromatic N) is 4. The van der Waals surface area contributed by atoms with Gasteiger partial charge < -0.3 is 0 Å². The van der Waals surface area contributed by atoms with Gasteiger partial charge in [0.25, 0.3) is 0 Å². The van der Waals surface area contributed by atoms with Gasteiger partial charge in [0.2, 0.25) is 0 Å². The summed E-state index contributed by atoms with van der Waals surface area (Å²) in [5.41, 5.74) is 10.4. The summed E-state index contributed by atoms with van der Waals surface area (Å²) >= 11 is 0. The van der Waals surface area contributed by atoms with E-state index in [0.717, 1.165) is 24.4 Å². The van der Waals surface area contributed by atoms with E-state index in [1.54, 1.807) is 0 Å². The van der Waals surface area contributed by atoms with E-state index in [-0.39, 0.29) is 6.17 Å². The molecule has 1 fully saturated rings. The molecular weight excluding hydrogens is 254 g/mol. The quantitative estimate of drug-likeness (QED) is 0.502. The summed E-state index contributed by atoms with van der Waals surface area (Å²) in [5.74, 6) is 5.66. The fraction of sp³-hybridized carbons (Fsp3) is 0.385. The lowest BCUT2D eigenvalue weighted by Gasteiger charge is -2.49. The minimum atomic E-state index is -0.0224. The summed E-state index contributed by atoms with van der Waals surface area (Å²) in [6.45, 7) is 0.822. The van der Waals surface area contributed by atoms with Gasteiger partial charge in [-0.25, -0.2) is 5.43 Å². The molecule has 20 heavy (non-hydrogen) atoms. The molecule has 1 saturated heterocycles. The molecule has 0 aromatic heterocycles. The van der Waals surface area contributed by atoms with Crippen LogP contribution in [0.25, 0.3) is 5.70 Å². The highest BCUT2D eigenvalue weighted by atomic mass is 15.8. The molecule has 0 radical (unpaired) electrons. The molecule has 2 aliphatic heterocycles. The van der Waals surface area contributed by atoms with Crippen molar-refractivity contribution in [2.24, 2.45) is 16.2 Å². The van der Waals surface area contributed by atoms with Crippen molar-refractivity contribution in [1.82, 2.24) is 20.9 Å². The van der Waals surface area contributed by atoms with Crippen molar-refractivity contribution < 1.29 is 0 Å². The molecule has 1 aromatic rings. The van der Waals surface area contributed by atoms with E-state index in [9.17, 15) is 0 Å². The molecule has 7 nitrogen and oxygen atoms in total. The average molecular weight is 271 g/mol. The summed E-state index contributed by atoms with van der Waals surface area (Å²) in [7, 11) is 2.12. The Bertz CT molecular complexity index is 608. The Morgan fingerprint density at radius 2 is 2.25 bits per heavy atom. The third-order valence-corrected chi connectivity index (χ3v) is 4.30. The van der Waals surface area contributed by atoms with Crippen molar-refractivity contribution in [3.8, 4) is 0 Å². The van der Waals surface area contributed by atoms with Crippen LogP contribution < -0.4 is 16.8 Å². The van der Waals surface area contributed by atoms with Crippen molar-refractivity contribution in [3.05, 3.63) is 41.1 Å². The number of hydrogen-bond donors (Lipinski definition) is 3. The van der Waals surface area contributed by atoms with E-state index < -0.39 is 0 Å². The molecule has 0 saturated carbocycles. The zero-order valence-corrected chi connectivity index (χ0v) is 11.2. The Morgan fingerprint density at radius 3 is 3.10 bits per heavy atom. The molecule has 7 heteroatoms. The highest BCUT2D eigenvalue weighted by molar-refractivity contribution is 5.73. The summed E-state index contributed by atoms with van der Waals surface area (Å²) in [5, 5.41) is 10.4. The molecule has 2 unspecified atom stereocenters. The van der Waals surface area contributed by atoms with Gasteiger partial charge in [0.1, 0.15) is 11.9 Å². The summed E-state index contributed by atoms with van der Waals surface area (Å²) in [6.07, 6.45) is 0.960. The second-order valence-electron chi connectivity index (χ2n) is 5.40. The summed E-state index contributed by atoms with van der Waals surface area (Å²) in [4.78, 5) is 2.31. The first kappa shape index (κ1) is 11.8. The van der Waals surface area contributed by atoms with E-state index in [4.69, 9.17) is 5.84 Å². The molecule has 0 spiro atoms. The third-order valence-electron chi connectivity index (χ3n) is 4.30. The van der Waals surface area contributed by atoms with Crippen LogP contribution in [0.5, 0.6) is 0 Å². The largest absolute Gasteiger partial charge is 0.294 e. The van der Waals surface area contributed by atoms with Crippen molar-refractivity contribution in [3.63, 3.8) is 0 Å². The van der Waals surface area contributed by atoms with Crippen LogP contribution >= 0.6 is 0 Å². The van der Waals surface area contributed by atoms with Gasteiger partial charge in [0.05, 0.1) is 11.7 Å². The van der Waals surface area contributed by atoms with Gasteiger partial charge in [-0.1, -0.05) is 29.5 Å². The topological polar surface area (TPSA) is 81.3 Å². The van der Waals surface area contributed by atoms with Gasteiger partial charge in [-0.15, -0.1) is 5.11 Å². The Hall–Kier alpha value is -1.96. The highest BCUT2D eigenvalue weighted by Gasteiger charge is 2.42. The first-order valence-corrected chi connectivity index (χ1v) is 6.74. The van der Waals surface area contributed by atoms with Crippen molar-refractivity contribution in [2.75, 3.05) is 13.6 Å². The molecule has 1 aromatic carbocycles. The molecule has 4 N–H and O–H groups in total. The first-order valence-electron chi connectivity index (χ1n) is 6.74. The monoisotopic (exact) mass is 271 g/mol. The minimum absolute atomic E-state index is 0.0224. The molecule has 4 rings (SSSR count). The van der Waals surface area contributed by atoms with E-state index >= 15 is 0 Å². The lowest BCUT2D eigenvalue weighted by molar-refractivity contribution is 0.0302. The Kier molecular flexibility index (Phi) is 2.53. The zero-order valence-electron chi connectivity index (χ0n) is 11.2. The van der Waals surface area contributed by atoms with Crippen molar-refractivity contribution >= 4 is 5.70 Å². The third kappa shape index (κ3) is 1.51. The van der Waals surface area contributed by atoms with E-state index in [2.05, 4.69) is 51.4 Å². The second-order valence-corrected chi connectivity index (χ2v) is 5.40. The molecule has 0 amide bonds. The molecule has 104 valence electrons. The predicted octanol–water partition coefficient (Wildman–Crippen LogP) is 0.202. The fourth-order valence-corrected chi connectivity index (χ4v) is 3.30. The Labute approximate surface area is 117 Å². The van der Waals surface area contributed by atoms with E-state index in [1.807, 2.05) is 11.1 Å². The normalized spacial score (nSPS) is 28.0. The van der Waals surface area contributed by atoms with Crippen molar-refractivity contribution in [1.29, 1.82) is 0 Å². The number of likely N-dealkylation sites (N-methyl/N-ethyl adjacent to an activating group) is 1. The van der Waals surface area contributed by atoms with Crippen LogP contribution in [0.1, 0.15) is 11.1 Å². The number of hydrogen-bond acceptors (Lipinski definition) is 7. The van der Waals surface area contributed by atoms with Crippen LogP contribution in [0, 0.1) is 0 Å². The van der Waals surface area contributed by atoms with Gasteiger partial charge in [0.15, 0.2) is 0 Å². The second kappa shape index (κ2) is 4.27. The van der Waals surface area contributed by atoms with Crippen LogP contribution in [0.15, 0.2) is 40.3 Å². The molecule has 2 heterocycles. The van der Waals surface area contributed by atoms with Gasteiger partial charge in [-0.2, -0.15) is 5.53 Å². The maximum Gasteiger partial charge on any atom is 0.126 e. The maximum atomic E-state index is 5.66. The lowest BCUT2D eigenvalue weighted by atomic mass is 9.87. The van der Waals surface area contributed by atoms with Gasteiger partial charge in [-0.05, 0) is 19.0 Å².